The van der Waals surface area contributed by atoms with E-state index in [1.807, 2.05) is 29.6 Å². The number of nitrogens with one attached hydrogen (secondary N) is 1. The van der Waals surface area contributed by atoms with E-state index in [0.717, 1.165) is 10.4 Å². The third-order valence-corrected chi connectivity index (χ3v) is 5.57. The summed E-state index contributed by atoms with van der Waals surface area (Å²) in [4.78, 5) is 25.9. The van der Waals surface area contributed by atoms with E-state index in [4.69, 9.17) is 9.47 Å². The average Bonchev–Trinajstić information content (AvgIpc) is 3.34. The Morgan fingerprint density at radius 2 is 2.10 bits per heavy atom. The fourth-order valence-electron chi connectivity index (χ4n) is 3.42. The number of carbonyl (C=O) groups excluding carboxylic acids is 2. The molecule has 0 aliphatic carbocycles. The van der Waals surface area contributed by atoms with Crippen LogP contribution >= 0.6 is 11.3 Å². The lowest BCUT2D eigenvalue weighted by Crippen LogP contribution is -2.28. The highest BCUT2D eigenvalue weighted by Gasteiger charge is 2.27. The van der Waals surface area contributed by atoms with Crippen LogP contribution in [-0.4, -0.2) is 28.8 Å². The Morgan fingerprint density at radius 1 is 1.29 bits per heavy atom. The van der Waals surface area contributed by atoms with E-state index in [2.05, 4.69) is 5.32 Å². The predicted octanol–water partition coefficient (Wildman–Crippen LogP) is 4.93. The molecule has 0 bridgehead atoms. The Balaban J connectivity index is 1.83. The number of anilines is 1. The van der Waals surface area contributed by atoms with E-state index < -0.39 is 17.8 Å². The summed E-state index contributed by atoms with van der Waals surface area (Å²) < 4.78 is 12.7. The summed E-state index contributed by atoms with van der Waals surface area (Å²) in [5, 5.41) is 14.3. The molecular weight excluding hydrogens is 414 g/mol. The van der Waals surface area contributed by atoms with Crippen molar-refractivity contribution in [2.45, 2.75) is 32.5 Å². The van der Waals surface area contributed by atoms with Crippen LogP contribution in [0, 0.1) is 11.3 Å². The molecule has 1 amide bonds. The Labute approximate surface area is 183 Å². The highest BCUT2D eigenvalue weighted by atomic mass is 32.1. The number of ether oxygens (including phenoxy) is 2. The minimum atomic E-state index is -0.707. The summed E-state index contributed by atoms with van der Waals surface area (Å²) in [5.74, 6) is -0.225. The van der Waals surface area contributed by atoms with Gasteiger partial charge in [-0.1, -0.05) is 12.1 Å². The lowest BCUT2D eigenvalue weighted by molar-refractivity contribution is -0.121. The Morgan fingerprint density at radius 3 is 2.77 bits per heavy atom. The molecule has 1 unspecified atom stereocenters. The third-order valence-electron chi connectivity index (χ3n) is 4.66. The number of benzene rings is 1. The number of thiophene rings is 1. The van der Waals surface area contributed by atoms with Crippen LogP contribution in [0.15, 0.2) is 47.8 Å². The summed E-state index contributed by atoms with van der Waals surface area (Å²) in [6.07, 6.45) is -1.05. The molecule has 158 valence electrons. The lowest BCUT2D eigenvalue weighted by atomic mass is 10.0. The molecule has 8 heteroatoms. The molecule has 1 aromatic carbocycles. The summed E-state index contributed by atoms with van der Waals surface area (Å²) in [7, 11) is 0. The molecule has 1 N–H and O–H groups in total. The van der Waals surface area contributed by atoms with Crippen molar-refractivity contribution < 1.29 is 19.1 Å². The van der Waals surface area contributed by atoms with Gasteiger partial charge in [0.25, 0.3) is 0 Å². The van der Waals surface area contributed by atoms with Gasteiger partial charge in [-0.3, -0.25) is 4.79 Å². The summed E-state index contributed by atoms with van der Waals surface area (Å²) in [6, 6.07) is 14.7. The van der Waals surface area contributed by atoms with Gasteiger partial charge in [-0.25, -0.2) is 9.36 Å². The second-order valence-corrected chi connectivity index (χ2v) is 9.07. The van der Waals surface area contributed by atoms with Crippen molar-refractivity contribution in [3.05, 3.63) is 64.0 Å². The maximum atomic E-state index is 12.8. The van der Waals surface area contributed by atoms with Crippen LogP contribution in [0.4, 0.5) is 10.5 Å². The number of amides is 1. The summed E-state index contributed by atoms with van der Waals surface area (Å²) >= 11 is 1.54. The van der Waals surface area contributed by atoms with Gasteiger partial charge >= 0.3 is 6.09 Å². The molecule has 0 spiro atoms. The van der Waals surface area contributed by atoms with Crippen molar-refractivity contribution >= 4 is 29.0 Å². The molecule has 0 saturated carbocycles. The summed E-state index contributed by atoms with van der Waals surface area (Å²) in [5.41, 5.74) is 2.13. The number of rotatable bonds is 2. The van der Waals surface area contributed by atoms with Gasteiger partial charge in [0, 0.05) is 16.1 Å². The van der Waals surface area contributed by atoms with E-state index in [0.29, 0.717) is 16.9 Å². The molecule has 7 nitrogen and oxygen atoms in total. The molecule has 1 atom stereocenters. The van der Waals surface area contributed by atoms with Gasteiger partial charge in [-0.15, -0.1) is 11.3 Å². The van der Waals surface area contributed by atoms with E-state index in [1.165, 1.54) is 4.57 Å². The molecule has 0 saturated heterocycles. The van der Waals surface area contributed by atoms with Gasteiger partial charge < -0.3 is 14.8 Å². The van der Waals surface area contributed by atoms with Crippen LogP contribution in [0.25, 0.3) is 11.3 Å². The Bertz CT molecular complexity index is 1180. The number of nitriles is 1. The SMILES string of the molecule is CC(C)(C)OC(=O)n1c(C#N)ccc1-c1ccc2c(c1)C(c1cccs1)OCC(=O)N2. The molecule has 1 aliphatic rings. The lowest BCUT2D eigenvalue weighted by Gasteiger charge is -2.21. The molecule has 2 aromatic heterocycles. The Hall–Kier alpha value is -3.41. The van der Waals surface area contributed by atoms with E-state index in [9.17, 15) is 14.9 Å². The molecule has 0 radical (unpaired) electrons. The van der Waals surface area contributed by atoms with E-state index >= 15 is 0 Å². The smallest absolute Gasteiger partial charge is 0.420 e. The fraction of sp³-hybridized carbons (Fsp3) is 0.261. The fourth-order valence-corrected chi connectivity index (χ4v) is 4.21. The van der Waals surface area contributed by atoms with Crippen molar-refractivity contribution in [1.82, 2.24) is 4.57 Å². The average molecular weight is 436 g/mol. The van der Waals surface area contributed by atoms with Crippen molar-refractivity contribution in [3.63, 3.8) is 0 Å². The van der Waals surface area contributed by atoms with Crippen LogP contribution < -0.4 is 5.32 Å². The van der Waals surface area contributed by atoms with Gasteiger partial charge in [0.15, 0.2) is 0 Å². The van der Waals surface area contributed by atoms with E-state index in [-0.39, 0.29) is 18.2 Å². The number of aromatic nitrogens is 1. The molecule has 0 fully saturated rings. The van der Waals surface area contributed by atoms with Gasteiger partial charge in [0.05, 0.1) is 5.69 Å². The monoisotopic (exact) mass is 435 g/mol. The Kier molecular flexibility index (Phi) is 5.39. The standard InChI is InChI=1S/C23H21N3O4S/c1-23(2,3)30-22(28)26-15(12-24)7-9-18(26)14-6-8-17-16(11-14)21(19-5-4-10-31-19)29-13-20(27)25-17/h4-11,21H,13H2,1-3H3,(H,25,27). The number of carbonyl (C=O) groups is 2. The van der Waals surface area contributed by atoms with Gasteiger partial charge in [0.2, 0.25) is 5.91 Å². The third kappa shape index (κ3) is 4.24. The van der Waals surface area contributed by atoms with Gasteiger partial charge in [-0.05, 0) is 62.0 Å². The van der Waals surface area contributed by atoms with Gasteiger partial charge in [-0.2, -0.15) is 5.26 Å². The first kappa shape index (κ1) is 20.8. The highest BCUT2D eigenvalue weighted by molar-refractivity contribution is 7.10. The van der Waals surface area contributed by atoms with Crippen molar-refractivity contribution in [1.29, 1.82) is 5.26 Å². The largest absolute Gasteiger partial charge is 0.443 e. The second kappa shape index (κ2) is 8.02. The van der Waals surface area contributed by atoms with Gasteiger partial charge in [0.1, 0.15) is 30.1 Å². The molecule has 4 rings (SSSR count). The minimum Gasteiger partial charge on any atom is -0.443 e. The zero-order valence-electron chi connectivity index (χ0n) is 17.3. The van der Waals surface area contributed by atoms with E-state index in [1.54, 1.807) is 56.4 Å². The molecule has 1 aliphatic heterocycles. The highest BCUT2D eigenvalue weighted by Crippen LogP contribution is 2.38. The normalized spacial score (nSPS) is 16.1. The van der Waals surface area contributed by atoms with Crippen molar-refractivity contribution in [2.75, 3.05) is 11.9 Å². The molecular formula is C23H21N3O4S. The number of hydrogen-bond donors (Lipinski definition) is 1. The second-order valence-electron chi connectivity index (χ2n) is 8.09. The van der Waals surface area contributed by atoms with Crippen LogP contribution in [-0.2, 0) is 14.3 Å². The first-order chi connectivity index (χ1) is 14.8. The zero-order valence-corrected chi connectivity index (χ0v) is 18.2. The maximum Gasteiger partial charge on any atom is 0.420 e. The van der Waals surface area contributed by atoms with Crippen molar-refractivity contribution in [2.24, 2.45) is 0 Å². The quantitative estimate of drug-likeness (QED) is 0.616. The minimum absolute atomic E-state index is 0.0561. The predicted molar refractivity (Wildman–Crippen MR) is 117 cm³/mol. The van der Waals surface area contributed by atoms with Crippen LogP contribution in [0.3, 0.4) is 0 Å². The van der Waals surface area contributed by atoms with Crippen LogP contribution in [0.1, 0.15) is 43.0 Å². The first-order valence-corrected chi connectivity index (χ1v) is 10.6. The number of fused-ring (bicyclic) bond motifs is 1. The number of hydrogen-bond acceptors (Lipinski definition) is 6. The molecule has 3 aromatic rings. The van der Waals surface area contributed by atoms with Crippen LogP contribution in [0.5, 0.6) is 0 Å². The first-order valence-electron chi connectivity index (χ1n) is 9.71. The van der Waals surface area contributed by atoms with Crippen molar-refractivity contribution in [3.8, 4) is 17.3 Å². The molecule has 31 heavy (non-hydrogen) atoms. The topological polar surface area (TPSA) is 93.3 Å². The summed E-state index contributed by atoms with van der Waals surface area (Å²) in [6.45, 7) is 5.26. The number of nitrogens with zero attached hydrogens (tertiary/aromatic N) is 2. The maximum absolute atomic E-state index is 12.8. The molecule has 3 heterocycles. The zero-order chi connectivity index (χ0) is 22.2. The van der Waals surface area contributed by atoms with Crippen LogP contribution in [0.2, 0.25) is 0 Å².